The zero-order valence-electron chi connectivity index (χ0n) is 13.0. The summed E-state index contributed by atoms with van der Waals surface area (Å²) in [5.41, 5.74) is 2.17. The summed E-state index contributed by atoms with van der Waals surface area (Å²) in [6, 6.07) is 10.4. The van der Waals surface area contributed by atoms with E-state index < -0.39 is 10.0 Å². The van der Waals surface area contributed by atoms with Gasteiger partial charge in [0.25, 0.3) is 0 Å². The van der Waals surface area contributed by atoms with Crippen molar-refractivity contribution < 1.29 is 8.42 Å². The van der Waals surface area contributed by atoms with Gasteiger partial charge in [-0.05, 0) is 37.4 Å². The summed E-state index contributed by atoms with van der Waals surface area (Å²) in [4.78, 5) is 6.70. The number of para-hydroxylation sites is 1. The van der Waals surface area contributed by atoms with E-state index in [1.54, 1.807) is 0 Å². The van der Waals surface area contributed by atoms with Crippen LogP contribution in [0.1, 0.15) is 24.8 Å². The van der Waals surface area contributed by atoms with Crippen LogP contribution in [-0.2, 0) is 16.6 Å². The van der Waals surface area contributed by atoms with Crippen molar-refractivity contribution in [2.45, 2.75) is 37.1 Å². The number of hydrogen-bond donors (Lipinski definition) is 1. The Morgan fingerprint density at radius 1 is 1.17 bits per heavy atom. The molecule has 2 fully saturated rings. The molecule has 1 saturated carbocycles. The van der Waals surface area contributed by atoms with Gasteiger partial charge in [0.1, 0.15) is 0 Å². The third-order valence-corrected chi connectivity index (χ3v) is 6.61. The first-order valence-electron chi connectivity index (χ1n) is 8.18. The highest BCUT2D eigenvalue weighted by Crippen LogP contribution is 2.25. The maximum absolute atomic E-state index is 12.3. The Labute approximate surface area is 136 Å². The van der Waals surface area contributed by atoms with E-state index in [2.05, 4.69) is 32.8 Å². The summed E-state index contributed by atoms with van der Waals surface area (Å²) in [6.45, 7) is 2.18. The van der Waals surface area contributed by atoms with E-state index in [1.807, 2.05) is 18.3 Å². The average molecular weight is 331 g/mol. The van der Waals surface area contributed by atoms with Crippen molar-refractivity contribution in [1.82, 2.24) is 14.6 Å². The van der Waals surface area contributed by atoms with Crippen LogP contribution in [0.4, 0.5) is 0 Å². The monoisotopic (exact) mass is 331 g/mol. The molecule has 0 radical (unpaired) electrons. The van der Waals surface area contributed by atoms with E-state index in [0.717, 1.165) is 42.4 Å². The second kappa shape index (κ2) is 5.85. The van der Waals surface area contributed by atoms with E-state index in [0.29, 0.717) is 13.0 Å². The van der Waals surface area contributed by atoms with Crippen molar-refractivity contribution in [3.05, 3.63) is 42.1 Å². The molecule has 2 heterocycles. The van der Waals surface area contributed by atoms with Crippen LogP contribution in [0, 0.1) is 0 Å². The fourth-order valence-electron chi connectivity index (χ4n) is 3.26. The molecule has 1 aromatic carbocycles. The molecule has 1 unspecified atom stereocenters. The Hall–Kier alpha value is -1.50. The molecule has 4 rings (SSSR count). The van der Waals surface area contributed by atoms with Gasteiger partial charge in [-0.25, -0.2) is 13.1 Å². The molecule has 6 heteroatoms. The van der Waals surface area contributed by atoms with Crippen LogP contribution in [0.3, 0.4) is 0 Å². The highest BCUT2D eigenvalue weighted by molar-refractivity contribution is 7.90. The lowest BCUT2D eigenvalue weighted by atomic mass is 10.1. The fourth-order valence-corrected chi connectivity index (χ4v) is 4.98. The second-order valence-electron chi connectivity index (χ2n) is 6.58. The van der Waals surface area contributed by atoms with Crippen molar-refractivity contribution in [2.24, 2.45) is 0 Å². The lowest BCUT2D eigenvalue weighted by molar-refractivity contribution is 0.332. The normalized spacial score (nSPS) is 22.7. The van der Waals surface area contributed by atoms with Crippen LogP contribution in [0.15, 0.2) is 36.5 Å². The molecule has 0 bridgehead atoms. The van der Waals surface area contributed by atoms with Crippen molar-refractivity contribution >= 4 is 20.9 Å². The molecule has 2 aromatic rings. The van der Waals surface area contributed by atoms with Crippen LogP contribution in [-0.4, -0.2) is 42.7 Å². The number of likely N-dealkylation sites (tertiary alicyclic amines) is 1. The van der Waals surface area contributed by atoms with Crippen LogP contribution in [0.5, 0.6) is 0 Å². The first-order chi connectivity index (χ1) is 11.1. The molecule has 1 saturated heterocycles. The van der Waals surface area contributed by atoms with Gasteiger partial charge < -0.3 is 0 Å². The molecule has 23 heavy (non-hydrogen) atoms. The van der Waals surface area contributed by atoms with E-state index in [-0.39, 0.29) is 11.3 Å². The Morgan fingerprint density at radius 2 is 2.00 bits per heavy atom. The fraction of sp³-hybridized carbons (Fsp3) is 0.471. The number of nitrogens with zero attached hydrogens (tertiary/aromatic N) is 2. The largest absolute Gasteiger partial charge is 0.298 e. The predicted octanol–water partition coefficient (Wildman–Crippen LogP) is 1.89. The predicted molar refractivity (Wildman–Crippen MR) is 90.5 cm³/mol. The summed E-state index contributed by atoms with van der Waals surface area (Å²) in [6.07, 6.45) is 4.48. The van der Waals surface area contributed by atoms with Crippen LogP contribution < -0.4 is 4.72 Å². The number of hydrogen-bond acceptors (Lipinski definition) is 4. The number of fused-ring (bicyclic) bond motifs is 1. The maximum Gasteiger partial charge on any atom is 0.216 e. The van der Waals surface area contributed by atoms with E-state index in [4.69, 9.17) is 0 Å². The molecule has 1 aliphatic carbocycles. The van der Waals surface area contributed by atoms with Gasteiger partial charge in [-0.3, -0.25) is 9.88 Å². The highest BCUT2D eigenvalue weighted by atomic mass is 32.2. The van der Waals surface area contributed by atoms with Gasteiger partial charge >= 0.3 is 0 Å². The SMILES string of the molecule is O=S(=O)(NC1CC1)C1CCN(Cc2cccc3cccnc23)C1. The summed E-state index contributed by atoms with van der Waals surface area (Å²) >= 11 is 0. The zero-order chi connectivity index (χ0) is 15.9. The van der Waals surface area contributed by atoms with Gasteiger partial charge in [0.2, 0.25) is 10.0 Å². The van der Waals surface area contributed by atoms with Crippen LogP contribution >= 0.6 is 0 Å². The minimum atomic E-state index is -3.17. The summed E-state index contributed by atoms with van der Waals surface area (Å²) < 4.78 is 27.5. The minimum Gasteiger partial charge on any atom is -0.298 e. The molecular formula is C17H21N3O2S. The molecule has 2 aliphatic rings. The quantitative estimate of drug-likeness (QED) is 0.909. The molecular weight excluding hydrogens is 310 g/mol. The van der Waals surface area contributed by atoms with Crippen molar-refractivity contribution in [2.75, 3.05) is 13.1 Å². The van der Waals surface area contributed by atoms with Crippen LogP contribution in [0.25, 0.3) is 10.9 Å². The number of benzene rings is 1. The first kappa shape index (κ1) is 15.1. The highest BCUT2D eigenvalue weighted by Gasteiger charge is 2.36. The van der Waals surface area contributed by atoms with Gasteiger partial charge in [-0.15, -0.1) is 0 Å². The van der Waals surface area contributed by atoms with Gasteiger partial charge in [-0.2, -0.15) is 0 Å². The molecule has 122 valence electrons. The van der Waals surface area contributed by atoms with Gasteiger partial charge in [0.05, 0.1) is 10.8 Å². The van der Waals surface area contributed by atoms with Crippen molar-refractivity contribution in [1.29, 1.82) is 0 Å². The van der Waals surface area contributed by atoms with Crippen LogP contribution in [0.2, 0.25) is 0 Å². The third-order valence-electron chi connectivity index (χ3n) is 4.69. The van der Waals surface area contributed by atoms with E-state index in [1.165, 1.54) is 0 Å². The van der Waals surface area contributed by atoms with Gasteiger partial charge in [0.15, 0.2) is 0 Å². The number of aromatic nitrogens is 1. The molecule has 5 nitrogen and oxygen atoms in total. The smallest absolute Gasteiger partial charge is 0.216 e. The zero-order valence-corrected chi connectivity index (χ0v) is 13.8. The second-order valence-corrected chi connectivity index (χ2v) is 8.57. The summed E-state index contributed by atoms with van der Waals surface area (Å²) in [5, 5.41) is 0.842. The number of sulfonamides is 1. The number of nitrogens with one attached hydrogen (secondary N) is 1. The van der Waals surface area contributed by atoms with Gasteiger partial charge in [0, 0.05) is 30.7 Å². The Kier molecular flexibility index (Phi) is 3.83. The Bertz CT molecular complexity index is 812. The Morgan fingerprint density at radius 3 is 2.83 bits per heavy atom. The lowest BCUT2D eigenvalue weighted by Crippen LogP contribution is -2.37. The number of rotatable bonds is 5. The minimum absolute atomic E-state index is 0.191. The number of pyridine rings is 1. The van der Waals surface area contributed by atoms with Crippen molar-refractivity contribution in [3.8, 4) is 0 Å². The van der Waals surface area contributed by atoms with Gasteiger partial charge in [-0.1, -0.05) is 24.3 Å². The molecule has 1 aromatic heterocycles. The maximum atomic E-state index is 12.3. The average Bonchev–Trinajstić information content (AvgIpc) is 3.21. The molecule has 1 aliphatic heterocycles. The summed E-state index contributed by atoms with van der Waals surface area (Å²) in [7, 11) is -3.17. The molecule has 0 spiro atoms. The van der Waals surface area contributed by atoms with E-state index >= 15 is 0 Å². The molecule has 1 N–H and O–H groups in total. The molecule has 0 amide bonds. The molecule has 1 atom stereocenters. The Balaban J connectivity index is 1.47. The third kappa shape index (κ3) is 3.24. The topological polar surface area (TPSA) is 62.3 Å². The van der Waals surface area contributed by atoms with Crippen molar-refractivity contribution in [3.63, 3.8) is 0 Å². The summed E-state index contributed by atoms with van der Waals surface area (Å²) in [5.74, 6) is 0. The lowest BCUT2D eigenvalue weighted by Gasteiger charge is -2.17. The first-order valence-corrected chi connectivity index (χ1v) is 9.72. The van der Waals surface area contributed by atoms with E-state index in [9.17, 15) is 8.42 Å². The standard InChI is InChI=1S/C17H21N3O2S/c21-23(22,19-15-6-7-15)16-8-10-20(12-16)11-14-4-1-3-13-5-2-9-18-17(13)14/h1-5,9,15-16,19H,6-8,10-12H2.